The number of carbonyl (C=O) groups excluding carboxylic acids is 1. The van der Waals surface area contributed by atoms with Gasteiger partial charge < -0.3 is 5.32 Å². The molecule has 0 aliphatic carbocycles. The summed E-state index contributed by atoms with van der Waals surface area (Å²) in [6.07, 6.45) is 0. The first-order valence-corrected chi connectivity index (χ1v) is 11.0. The molecular formula is C23H22F2N2O3S. The number of amides is 1. The molecule has 0 radical (unpaired) electrons. The van der Waals surface area contributed by atoms with Crippen molar-refractivity contribution in [2.24, 2.45) is 0 Å². The van der Waals surface area contributed by atoms with Crippen LogP contribution in [0.5, 0.6) is 0 Å². The van der Waals surface area contributed by atoms with E-state index in [1.807, 2.05) is 19.9 Å². The molecule has 0 saturated carbocycles. The van der Waals surface area contributed by atoms with E-state index in [2.05, 4.69) is 10.0 Å². The minimum atomic E-state index is -3.83. The Kier molecular flexibility index (Phi) is 6.40. The molecule has 0 saturated heterocycles. The van der Waals surface area contributed by atoms with E-state index in [9.17, 15) is 22.0 Å². The third kappa shape index (κ3) is 5.08. The smallest absolute Gasteiger partial charge is 0.261 e. The maximum absolute atomic E-state index is 13.4. The van der Waals surface area contributed by atoms with Gasteiger partial charge in [-0.05, 0) is 79.9 Å². The average Bonchev–Trinajstić information content (AvgIpc) is 2.73. The van der Waals surface area contributed by atoms with Gasteiger partial charge in [-0.1, -0.05) is 18.2 Å². The Bertz CT molecular complexity index is 1230. The molecule has 0 bridgehead atoms. The number of nitrogens with one attached hydrogen (secondary N) is 2. The Morgan fingerprint density at radius 3 is 2.26 bits per heavy atom. The molecule has 31 heavy (non-hydrogen) atoms. The number of rotatable bonds is 6. The van der Waals surface area contributed by atoms with Gasteiger partial charge in [0.25, 0.3) is 15.9 Å². The number of carbonyl (C=O) groups is 1. The van der Waals surface area contributed by atoms with Gasteiger partial charge in [0.05, 0.1) is 16.6 Å². The first-order valence-electron chi connectivity index (χ1n) is 9.53. The molecule has 0 aromatic heterocycles. The number of halogens is 2. The van der Waals surface area contributed by atoms with Gasteiger partial charge in [-0.2, -0.15) is 0 Å². The normalized spacial score (nSPS) is 12.3. The summed E-state index contributed by atoms with van der Waals surface area (Å²) < 4.78 is 54.4. The minimum Gasteiger partial charge on any atom is -0.346 e. The third-order valence-corrected chi connectivity index (χ3v) is 6.45. The van der Waals surface area contributed by atoms with Crippen LogP contribution in [-0.4, -0.2) is 14.3 Å². The summed E-state index contributed by atoms with van der Waals surface area (Å²) in [5.41, 5.74) is 2.92. The zero-order valence-corrected chi connectivity index (χ0v) is 18.1. The van der Waals surface area contributed by atoms with E-state index < -0.39 is 33.6 Å². The molecule has 5 nitrogen and oxygen atoms in total. The van der Waals surface area contributed by atoms with E-state index in [1.54, 1.807) is 19.1 Å². The van der Waals surface area contributed by atoms with Gasteiger partial charge in [0, 0.05) is 5.56 Å². The lowest BCUT2D eigenvalue weighted by atomic mass is 10.1. The van der Waals surface area contributed by atoms with E-state index in [0.717, 1.165) is 23.3 Å². The van der Waals surface area contributed by atoms with E-state index in [1.165, 1.54) is 30.3 Å². The SMILES string of the molecule is Cc1cccc(NS(=O)(=O)c2ccc(C(=O)NC(C)c3ccc(F)c(F)c3)cc2)c1C. The highest BCUT2D eigenvalue weighted by Gasteiger charge is 2.18. The van der Waals surface area contributed by atoms with Crippen molar-refractivity contribution in [1.29, 1.82) is 0 Å². The Morgan fingerprint density at radius 2 is 1.61 bits per heavy atom. The molecule has 0 aliphatic heterocycles. The molecule has 3 aromatic rings. The summed E-state index contributed by atoms with van der Waals surface area (Å²) in [5.74, 6) is -2.43. The highest BCUT2D eigenvalue weighted by molar-refractivity contribution is 7.92. The van der Waals surface area contributed by atoms with Gasteiger partial charge in [-0.3, -0.25) is 9.52 Å². The quantitative estimate of drug-likeness (QED) is 0.569. The van der Waals surface area contributed by atoms with Crippen LogP contribution in [0.4, 0.5) is 14.5 Å². The van der Waals surface area contributed by atoms with Crippen LogP contribution in [0, 0.1) is 25.5 Å². The van der Waals surface area contributed by atoms with Crippen LogP contribution in [-0.2, 0) is 10.0 Å². The fraction of sp³-hybridized carbons (Fsp3) is 0.174. The van der Waals surface area contributed by atoms with E-state index in [0.29, 0.717) is 11.3 Å². The molecule has 2 N–H and O–H groups in total. The van der Waals surface area contributed by atoms with Crippen LogP contribution < -0.4 is 10.0 Å². The highest BCUT2D eigenvalue weighted by Crippen LogP contribution is 2.22. The third-order valence-electron chi connectivity index (χ3n) is 5.07. The Morgan fingerprint density at radius 1 is 0.935 bits per heavy atom. The van der Waals surface area contributed by atoms with Gasteiger partial charge in [0.15, 0.2) is 11.6 Å². The predicted octanol–water partition coefficient (Wildman–Crippen LogP) is 4.87. The summed E-state index contributed by atoms with van der Waals surface area (Å²) in [4.78, 5) is 12.5. The second-order valence-electron chi connectivity index (χ2n) is 7.25. The van der Waals surface area contributed by atoms with Gasteiger partial charge in [-0.25, -0.2) is 17.2 Å². The monoisotopic (exact) mass is 444 g/mol. The van der Waals surface area contributed by atoms with Crippen LogP contribution in [0.3, 0.4) is 0 Å². The standard InChI is InChI=1S/C23H22F2N2O3S/c1-14-5-4-6-22(15(14)2)27-31(29,30)19-10-7-17(8-11-19)23(28)26-16(3)18-9-12-20(24)21(25)13-18/h4-13,16,27H,1-3H3,(H,26,28). The molecule has 1 amide bonds. The van der Waals surface area contributed by atoms with Crippen LogP contribution >= 0.6 is 0 Å². The number of benzene rings is 3. The maximum Gasteiger partial charge on any atom is 0.261 e. The van der Waals surface area contributed by atoms with Gasteiger partial charge in [0.1, 0.15) is 0 Å². The lowest BCUT2D eigenvalue weighted by molar-refractivity contribution is 0.0939. The second-order valence-corrected chi connectivity index (χ2v) is 8.93. The number of anilines is 1. The molecule has 162 valence electrons. The fourth-order valence-corrected chi connectivity index (χ4v) is 4.12. The largest absolute Gasteiger partial charge is 0.346 e. The summed E-state index contributed by atoms with van der Waals surface area (Å²) in [6, 6.07) is 13.6. The van der Waals surface area contributed by atoms with Crippen molar-refractivity contribution < 1.29 is 22.0 Å². The van der Waals surface area contributed by atoms with Crippen LogP contribution in [0.1, 0.15) is 40.0 Å². The lowest BCUT2D eigenvalue weighted by Gasteiger charge is -2.15. The lowest BCUT2D eigenvalue weighted by Crippen LogP contribution is -2.26. The molecule has 1 unspecified atom stereocenters. The summed E-state index contributed by atoms with van der Waals surface area (Å²) in [5, 5.41) is 2.68. The molecule has 0 aliphatic rings. The molecule has 0 heterocycles. The summed E-state index contributed by atoms with van der Waals surface area (Å²) in [7, 11) is -3.83. The maximum atomic E-state index is 13.4. The summed E-state index contributed by atoms with van der Waals surface area (Å²) >= 11 is 0. The number of hydrogen-bond donors (Lipinski definition) is 2. The van der Waals surface area contributed by atoms with E-state index >= 15 is 0 Å². The van der Waals surface area contributed by atoms with Crippen molar-refractivity contribution in [3.63, 3.8) is 0 Å². The Balaban J connectivity index is 1.73. The van der Waals surface area contributed by atoms with Crippen LogP contribution in [0.15, 0.2) is 65.6 Å². The van der Waals surface area contributed by atoms with Crippen LogP contribution in [0.25, 0.3) is 0 Å². The first kappa shape index (κ1) is 22.4. The van der Waals surface area contributed by atoms with Gasteiger partial charge in [0.2, 0.25) is 0 Å². The summed E-state index contributed by atoms with van der Waals surface area (Å²) in [6.45, 7) is 5.36. The van der Waals surface area contributed by atoms with Crippen molar-refractivity contribution in [3.8, 4) is 0 Å². The minimum absolute atomic E-state index is 0.0126. The van der Waals surface area contributed by atoms with Crippen molar-refractivity contribution in [1.82, 2.24) is 5.32 Å². The second kappa shape index (κ2) is 8.85. The number of aryl methyl sites for hydroxylation is 1. The number of sulfonamides is 1. The highest BCUT2D eigenvalue weighted by atomic mass is 32.2. The van der Waals surface area contributed by atoms with E-state index in [-0.39, 0.29) is 10.5 Å². The fourth-order valence-electron chi connectivity index (χ4n) is 3.00. The van der Waals surface area contributed by atoms with Crippen molar-refractivity contribution in [3.05, 3.63) is 94.6 Å². The molecule has 1 atom stereocenters. The predicted molar refractivity (Wildman–Crippen MR) is 115 cm³/mol. The molecular weight excluding hydrogens is 422 g/mol. The zero-order valence-electron chi connectivity index (χ0n) is 17.2. The van der Waals surface area contributed by atoms with Crippen molar-refractivity contribution in [2.45, 2.75) is 31.7 Å². The van der Waals surface area contributed by atoms with Crippen molar-refractivity contribution >= 4 is 21.6 Å². The average molecular weight is 445 g/mol. The zero-order chi connectivity index (χ0) is 22.8. The molecule has 3 rings (SSSR count). The number of hydrogen-bond acceptors (Lipinski definition) is 3. The first-order chi connectivity index (χ1) is 14.6. The van der Waals surface area contributed by atoms with Crippen LogP contribution in [0.2, 0.25) is 0 Å². The van der Waals surface area contributed by atoms with Gasteiger partial charge in [-0.15, -0.1) is 0 Å². The molecule has 0 spiro atoms. The van der Waals surface area contributed by atoms with Crippen molar-refractivity contribution in [2.75, 3.05) is 4.72 Å². The Labute approximate surface area is 180 Å². The molecule has 0 fully saturated rings. The topological polar surface area (TPSA) is 75.3 Å². The van der Waals surface area contributed by atoms with E-state index in [4.69, 9.17) is 0 Å². The Hall–Kier alpha value is -3.26. The molecule has 8 heteroatoms. The van der Waals surface area contributed by atoms with Gasteiger partial charge >= 0.3 is 0 Å². The molecule has 3 aromatic carbocycles.